The van der Waals surface area contributed by atoms with E-state index < -0.39 is 51.3 Å². The highest BCUT2D eigenvalue weighted by atomic mass is 32.2. The zero-order valence-electron chi connectivity index (χ0n) is 17.3. The molecule has 4 rings (SSSR count). The Balaban J connectivity index is 1.72. The highest BCUT2D eigenvalue weighted by Crippen LogP contribution is 2.47. The molecule has 9 heteroatoms. The van der Waals surface area contributed by atoms with Crippen molar-refractivity contribution in [2.45, 2.75) is 81.0 Å². The summed E-state index contributed by atoms with van der Waals surface area (Å²) < 4.78 is 76.5. The molecule has 5 nitrogen and oxygen atoms in total. The highest BCUT2D eigenvalue weighted by molar-refractivity contribution is 7.89. The summed E-state index contributed by atoms with van der Waals surface area (Å²) in [7, 11) is -4.36. The maximum atomic E-state index is 13.9. The molecule has 0 bridgehead atoms. The van der Waals surface area contributed by atoms with Crippen LogP contribution in [0.3, 0.4) is 0 Å². The minimum atomic E-state index is -4.75. The summed E-state index contributed by atoms with van der Waals surface area (Å²) in [6, 6.07) is 8.78. The number of carbonyl (C=O) groups excluding carboxylic acids is 1. The van der Waals surface area contributed by atoms with Crippen LogP contribution in [0.5, 0.6) is 0 Å². The minimum absolute atomic E-state index is 0.137. The number of hydrogen-bond donors (Lipinski definition) is 0. The number of carbonyl (C=O) groups is 1. The molecule has 1 aromatic rings. The molecule has 3 atom stereocenters. The minimum Gasteiger partial charge on any atom is -0.358 e. The zero-order chi connectivity index (χ0) is 22.3. The Kier molecular flexibility index (Phi) is 6.22. The van der Waals surface area contributed by atoms with Gasteiger partial charge in [-0.2, -0.15) is 17.5 Å². The Morgan fingerprint density at radius 2 is 1.77 bits per heavy atom. The number of nitrogens with zero attached hydrogens (tertiary/aromatic N) is 1. The van der Waals surface area contributed by atoms with Gasteiger partial charge in [0.1, 0.15) is 11.5 Å². The van der Waals surface area contributed by atoms with Crippen LogP contribution in [0, 0.1) is 5.92 Å². The van der Waals surface area contributed by atoms with Crippen molar-refractivity contribution in [3.63, 3.8) is 0 Å². The molecule has 1 saturated heterocycles. The number of hydrogen-bond acceptors (Lipinski definition) is 4. The van der Waals surface area contributed by atoms with Crippen molar-refractivity contribution < 1.29 is 31.1 Å². The summed E-state index contributed by atoms with van der Waals surface area (Å²) in [4.78, 5) is 11.8. The predicted octanol–water partition coefficient (Wildman–Crippen LogP) is 4.22. The van der Waals surface area contributed by atoms with Gasteiger partial charge in [-0.15, -0.1) is 0 Å². The van der Waals surface area contributed by atoms with Gasteiger partial charge in [-0.25, -0.2) is 8.42 Å². The summed E-state index contributed by atoms with van der Waals surface area (Å²) in [5, 5.41) is -1.65. The second kappa shape index (κ2) is 8.48. The fourth-order valence-corrected chi connectivity index (χ4v) is 8.09. The molecule has 0 unspecified atom stereocenters. The molecule has 0 radical (unpaired) electrons. The van der Waals surface area contributed by atoms with E-state index in [0.717, 1.165) is 24.8 Å². The molecule has 2 aliphatic carbocycles. The molecule has 0 aromatic heterocycles. The zero-order valence-corrected chi connectivity index (χ0v) is 18.1. The third-order valence-electron chi connectivity index (χ3n) is 6.91. The summed E-state index contributed by atoms with van der Waals surface area (Å²) in [6.07, 6.45) is -2.10. The van der Waals surface area contributed by atoms with Crippen LogP contribution < -0.4 is 0 Å². The van der Waals surface area contributed by atoms with Gasteiger partial charge < -0.3 is 4.74 Å². The number of ketones is 1. The van der Waals surface area contributed by atoms with E-state index in [2.05, 4.69) is 0 Å². The Morgan fingerprint density at radius 1 is 1.10 bits per heavy atom. The quantitative estimate of drug-likeness (QED) is 0.676. The normalized spacial score (nSPS) is 30.0. The van der Waals surface area contributed by atoms with Gasteiger partial charge in [0.05, 0.1) is 23.8 Å². The van der Waals surface area contributed by atoms with Crippen molar-refractivity contribution >= 4 is 15.8 Å². The van der Waals surface area contributed by atoms with Crippen LogP contribution in [0.1, 0.15) is 56.9 Å². The Hall–Kier alpha value is -1.45. The van der Waals surface area contributed by atoms with E-state index in [4.69, 9.17) is 4.74 Å². The number of Topliss-reactive ketones (excluding diaryl/α,β-unsaturated/α-hetero) is 1. The molecule has 1 heterocycles. The molecule has 172 valence electrons. The fourth-order valence-electron chi connectivity index (χ4n) is 5.46. The molecule has 1 aromatic carbocycles. The lowest BCUT2D eigenvalue weighted by molar-refractivity contribution is -0.183. The van der Waals surface area contributed by atoms with Crippen LogP contribution in [-0.4, -0.2) is 48.3 Å². The van der Waals surface area contributed by atoms with E-state index in [1.54, 1.807) is 0 Å². The molecule has 0 amide bonds. The summed E-state index contributed by atoms with van der Waals surface area (Å²) >= 11 is 0. The van der Waals surface area contributed by atoms with Gasteiger partial charge in [0, 0.05) is 12.8 Å². The molecule has 2 saturated carbocycles. The Morgan fingerprint density at radius 3 is 2.42 bits per heavy atom. The van der Waals surface area contributed by atoms with Crippen molar-refractivity contribution in [3.05, 3.63) is 35.9 Å². The Bertz CT molecular complexity index is 897. The second-order valence-electron chi connectivity index (χ2n) is 8.97. The third-order valence-corrected chi connectivity index (χ3v) is 9.42. The summed E-state index contributed by atoms with van der Waals surface area (Å²) in [5.74, 6) is -2.70. The highest BCUT2D eigenvalue weighted by Gasteiger charge is 2.60. The lowest BCUT2D eigenvalue weighted by Gasteiger charge is -2.44. The number of sulfonamides is 1. The number of rotatable bonds is 4. The van der Waals surface area contributed by atoms with Crippen LogP contribution >= 0.6 is 0 Å². The summed E-state index contributed by atoms with van der Waals surface area (Å²) in [5.41, 5.74) is -0.163. The van der Waals surface area contributed by atoms with Gasteiger partial charge >= 0.3 is 6.18 Å². The maximum Gasteiger partial charge on any atom is 0.393 e. The van der Waals surface area contributed by atoms with Gasteiger partial charge in [0.15, 0.2) is 0 Å². The van der Waals surface area contributed by atoms with Crippen LogP contribution in [0.2, 0.25) is 0 Å². The van der Waals surface area contributed by atoms with Crippen molar-refractivity contribution in [3.8, 4) is 0 Å². The van der Waals surface area contributed by atoms with Crippen LogP contribution in [0.15, 0.2) is 30.3 Å². The Labute approximate surface area is 181 Å². The standard InChI is InChI=1S/C22H28F3NO4S/c23-22(24,25)19-14-18(27)9-10-20(19)31(28,29)26-17(13-16-7-3-1-4-8-16)15-30-21(26)11-5-2-6-12-21/h1,3-4,7-8,17,19-20H,2,5-6,9-15H2/t17-,19-,20-/m0/s1. The summed E-state index contributed by atoms with van der Waals surface area (Å²) in [6.45, 7) is 0.163. The molecule has 0 N–H and O–H groups in total. The molecule has 31 heavy (non-hydrogen) atoms. The van der Waals surface area contributed by atoms with Crippen molar-refractivity contribution in [2.75, 3.05) is 6.61 Å². The smallest absolute Gasteiger partial charge is 0.358 e. The largest absolute Gasteiger partial charge is 0.393 e. The van der Waals surface area contributed by atoms with Gasteiger partial charge in [0.2, 0.25) is 10.0 Å². The first-order valence-electron chi connectivity index (χ1n) is 10.9. The molecule has 3 fully saturated rings. The van der Waals surface area contributed by atoms with Gasteiger partial charge in [-0.3, -0.25) is 4.79 Å². The van der Waals surface area contributed by atoms with E-state index in [9.17, 15) is 26.4 Å². The average Bonchev–Trinajstić information content (AvgIpc) is 3.06. The van der Waals surface area contributed by atoms with Crippen LogP contribution in [0.4, 0.5) is 13.2 Å². The monoisotopic (exact) mass is 459 g/mol. The predicted molar refractivity (Wildman–Crippen MR) is 109 cm³/mol. The van der Waals surface area contributed by atoms with E-state index in [-0.39, 0.29) is 19.4 Å². The molecular formula is C22H28F3NO4S. The maximum absolute atomic E-state index is 13.9. The third kappa shape index (κ3) is 4.41. The van der Waals surface area contributed by atoms with Crippen LogP contribution in [0.25, 0.3) is 0 Å². The number of ether oxygens (including phenoxy) is 1. The van der Waals surface area contributed by atoms with Crippen molar-refractivity contribution in [2.24, 2.45) is 5.92 Å². The van der Waals surface area contributed by atoms with Crippen LogP contribution in [-0.2, 0) is 26.0 Å². The topological polar surface area (TPSA) is 63.7 Å². The first-order chi connectivity index (χ1) is 14.6. The number of benzene rings is 1. The van der Waals surface area contributed by atoms with E-state index in [0.29, 0.717) is 19.3 Å². The van der Waals surface area contributed by atoms with Gasteiger partial charge in [-0.05, 0) is 44.1 Å². The number of alkyl halides is 3. The SMILES string of the molecule is O=C1CC[C@H](S(=O)(=O)N2[C@@H](Cc3ccccc3)COC23CCCCC3)[C@@H](C(F)(F)F)C1. The lowest BCUT2D eigenvalue weighted by atomic mass is 9.87. The lowest BCUT2D eigenvalue weighted by Crippen LogP contribution is -2.58. The van der Waals surface area contributed by atoms with Crippen molar-refractivity contribution in [1.82, 2.24) is 4.31 Å². The fraction of sp³-hybridized carbons (Fsp3) is 0.682. The van der Waals surface area contributed by atoms with E-state index in [1.807, 2.05) is 30.3 Å². The first kappa shape index (κ1) is 22.7. The number of halogens is 3. The molecule has 1 aliphatic heterocycles. The van der Waals surface area contributed by atoms with Gasteiger partial charge in [0.25, 0.3) is 0 Å². The molecule has 1 spiro atoms. The van der Waals surface area contributed by atoms with Crippen molar-refractivity contribution in [1.29, 1.82) is 0 Å². The second-order valence-corrected chi connectivity index (χ2v) is 11.0. The molecule has 3 aliphatic rings. The first-order valence-corrected chi connectivity index (χ1v) is 12.4. The van der Waals surface area contributed by atoms with Gasteiger partial charge in [-0.1, -0.05) is 36.8 Å². The average molecular weight is 460 g/mol. The molecular weight excluding hydrogens is 431 g/mol. The van der Waals surface area contributed by atoms with E-state index >= 15 is 0 Å². The van der Waals surface area contributed by atoms with E-state index in [1.165, 1.54) is 4.31 Å².